The Bertz CT molecular complexity index is 436. The minimum absolute atomic E-state index is 0.149. The fourth-order valence-corrected chi connectivity index (χ4v) is 2.55. The van der Waals surface area contributed by atoms with Crippen molar-refractivity contribution in [3.8, 4) is 0 Å². The lowest BCUT2D eigenvalue weighted by molar-refractivity contribution is -0.125. The van der Waals surface area contributed by atoms with Gasteiger partial charge in [0.2, 0.25) is 11.8 Å². The summed E-state index contributed by atoms with van der Waals surface area (Å²) < 4.78 is 5.28. The summed E-state index contributed by atoms with van der Waals surface area (Å²) in [7, 11) is 1.70. The first kappa shape index (κ1) is 15.0. The van der Waals surface area contributed by atoms with Crippen LogP contribution in [0.5, 0.6) is 0 Å². The number of nitrogens with one attached hydrogen (secondary N) is 1. The maximum atomic E-state index is 11.6. The van der Waals surface area contributed by atoms with Gasteiger partial charge in [-0.15, -0.1) is 0 Å². The molecule has 6 heteroatoms. The molecule has 20 heavy (non-hydrogen) atoms. The molecule has 1 aromatic heterocycles. The van der Waals surface area contributed by atoms with E-state index in [0.29, 0.717) is 18.4 Å². The van der Waals surface area contributed by atoms with E-state index >= 15 is 0 Å². The smallest absolute Gasteiger partial charge is 0.240 e. The van der Waals surface area contributed by atoms with E-state index in [9.17, 15) is 4.79 Å². The third-order valence-corrected chi connectivity index (χ3v) is 3.66. The molecular formula is C14H24N4O2. The fraction of sp³-hybridized carbons (Fsp3) is 0.786. The lowest BCUT2D eigenvalue weighted by Gasteiger charge is -2.29. The summed E-state index contributed by atoms with van der Waals surface area (Å²) in [5, 5.41) is 6.72. The Balaban J connectivity index is 1.80. The number of nitrogens with zero attached hydrogens (tertiary/aromatic N) is 3. The maximum absolute atomic E-state index is 11.6. The van der Waals surface area contributed by atoms with Crippen LogP contribution in [0.4, 0.5) is 0 Å². The van der Waals surface area contributed by atoms with Crippen molar-refractivity contribution < 1.29 is 9.32 Å². The molecular weight excluding hydrogens is 256 g/mol. The van der Waals surface area contributed by atoms with Crippen LogP contribution >= 0.6 is 0 Å². The molecule has 6 nitrogen and oxygen atoms in total. The highest BCUT2D eigenvalue weighted by atomic mass is 16.5. The third kappa shape index (κ3) is 4.03. The number of aromatic nitrogens is 2. The molecule has 0 unspecified atom stereocenters. The minimum atomic E-state index is 0.149. The Hall–Kier alpha value is -1.43. The van der Waals surface area contributed by atoms with Crippen molar-refractivity contribution in [2.45, 2.75) is 39.7 Å². The molecule has 0 aromatic carbocycles. The van der Waals surface area contributed by atoms with E-state index in [1.165, 1.54) is 0 Å². The summed E-state index contributed by atoms with van der Waals surface area (Å²) in [5.74, 6) is 2.30. The fourth-order valence-electron chi connectivity index (χ4n) is 2.55. The highest BCUT2D eigenvalue weighted by Crippen LogP contribution is 2.18. The number of amides is 1. The number of carbonyl (C=O) groups excluding carboxylic acids is 1. The lowest BCUT2D eigenvalue weighted by Crippen LogP contribution is -2.39. The van der Waals surface area contributed by atoms with Crippen LogP contribution in [0.15, 0.2) is 4.52 Å². The van der Waals surface area contributed by atoms with Gasteiger partial charge in [-0.25, -0.2) is 0 Å². The van der Waals surface area contributed by atoms with Gasteiger partial charge in [-0.05, 0) is 31.8 Å². The van der Waals surface area contributed by atoms with E-state index in [0.717, 1.165) is 38.2 Å². The summed E-state index contributed by atoms with van der Waals surface area (Å²) in [6, 6.07) is 0. The van der Waals surface area contributed by atoms with Gasteiger partial charge in [0.1, 0.15) is 0 Å². The minimum Gasteiger partial charge on any atom is -0.359 e. The molecule has 1 N–H and O–H groups in total. The van der Waals surface area contributed by atoms with Crippen molar-refractivity contribution in [2.24, 2.45) is 11.8 Å². The molecule has 1 amide bonds. The number of hydrogen-bond donors (Lipinski definition) is 1. The Kier molecular flexibility index (Phi) is 5.11. The molecule has 1 aromatic rings. The summed E-state index contributed by atoms with van der Waals surface area (Å²) >= 11 is 0. The van der Waals surface area contributed by atoms with Gasteiger partial charge in [0.05, 0.1) is 6.54 Å². The Morgan fingerprint density at radius 1 is 1.45 bits per heavy atom. The quantitative estimate of drug-likeness (QED) is 0.878. The molecule has 0 spiro atoms. The largest absolute Gasteiger partial charge is 0.359 e. The van der Waals surface area contributed by atoms with Gasteiger partial charge in [0.25, 0.3) is 0 Å². The topological polar surface area (TPSA) is 71.3 Å². The molecule has 0 atom stereocenters. The first-order valence-electron chi connectivity index (χ1n) is 7.34. The average molecular weight is 280 g/mol. The number of rotatable bonds is 5. The van der Waals surface area contributed by atoms with Crippen molar-refractivity contribution in [3.05, 3.63) is 11.7 Å². The molecule has 2 heterocycles. The number of piperidine rings is 1. The van der Waals surface area contributed by atoms with Gasteiger partial charge in [-0.1, -0.05) is 19.0 Å². The second-order valence-corrected chi connectivity index (χ2v) is 5.87. The van der Waals surface area contributed by atoms with Crippen molar-refractivity contribution in [1.82, 2.24) is 20.4 Å². The summed E-state index contributed by atoms with van der Waals surface area (Å²) in [5.41, 5.74) is 0. The van der Waals surface area contributed by atoms with Gasteiger partial charge in [-0.3, -0.25) is 9.69 Å². The second-order valence-electron chi connectivity index (χ2n) is 5.87. The monoisotopic (exact) mass is 280 g/mol. The van der Waals surface area contributed by atoms with Crippen molar-refractivity contribution in [3.63, 3.8) is 0 Å². The number of carbonyl (C=O) groups is 1. The molecule has 1 aliphatic rings. The molecule has 0 bridgehead atoms. The second kappa shape index (κ2) is 6.83. The van der Waals surface area contributed by atoms with Crippen LogP contribution in [0.1, 0.15) is 38.4 Å². The molecule has 1 aliphatic heterocycles. The van der Waals surface area contributed by atoms with Gasteiger partial charge >= 0.3 is 0 Å². The van der Waals surface area contributed by atoms with Crippen molar-refractivity contribution in [2.75, 3.05) is 20.1 Å². The van der Waals surface area contributed by atoms with E-state index in [-0.39, 0.29) is 11.8 Å². The summed E-state index contributed by atoms with van der Waals surface area (Å²) in [6.45, 7) is 6.77. The van der Waals surface area contributed by atoms with Crippen LogP contribution < -0.4 is 5.32 Å². The predicted molar refractivity (Wildman–Crippen MR) is 74.9 cm³/mol. The van der Waals surface area contributed by atoms with E-state index in [2.05, 4.69) is 34.2 Å². The summed E-state index contributed by atoms with van der Waals surface area (Å²) in [6.07, 6.45) is 2.64. The van der Waals surface area contributed by atoms with Crippen molar-refractivity contribution in [1.29, 1.82) is 0 Å². The zero-order valence-electron chi connectivity index (χ0n) is 12.6. The van der Waals surface area contributed by atoms with E-state index in [1.807, 2.05) is 0 Å². The zero-order chi connectivity index (χ0) is 14.5. The van der Waals surface area contributed by atoms with Gasteiger partial charge < -0.3 is 9.84 Å². The number of hydrogen-bond acceptors (Lipinski definition) is 5. The van der Waals surface area contributed by atoms with Crippen LogP contribution in [0, 0.1) is 11.8 Å². The standard InChI is InChI=1S/C14H24N4O2/c1-10(2)8-12-16-13(20-17-12)9-18-6-4-11(5-7-18)14(19)15-3/h10-11H,4-9H2,1-3H3,(H,15,19). The third-order valence-electron chi connectivity index (χ3n) is 3.66. The predicted octanol–water partition coefficient (Wildman–Crippen LogP) is 1.23. The average Bonchev–Trinajstić information content (AvgIpc) is 2.85. The highest BCUT2D eigenvalue weighted by molar-refractivity contribution is 5.78. The Morgan fingerprint density at radius 3 is 2.75 bits per heavy atom. The van der Waals surface area contributed by atoms with Crippen LogP contribution in [0.3, 0.4) is 0 Å². The van der Waals surface area contributed by atoms with E-state index in [4.69, 9.17) is 4.52 Å². The Labute approximate surface area is 119 Å². The lowest BCUT2D eigenvalue weighted by atomic mass is 9.96. The molecule has 0 aliphatic carbocycles. The highest BCUT2D eigenvalue weighted by Gasteiger charge is 2.25. The Morgan fingerprint density at radius 2 is 2.15 bits per heavy atom. The first-order valence-corrected chi connectivity index (χ1v) is 7.34. The zero-order valence-corrected chi connectivity index (χ0v) is 12.6. The molecule has 2 rings (SSSR count). The first-order chi connectivity index (χ1) is 9.58. The van der Waals surface area contributed by atoms with Crippen LogP contribution in [-0.4, -0.2) is 41.1 Å². The molecule has 0 saturated carbocycles. The SMILES string of the molecule is CNC(=O)C1CCN(Cc2nc(CC(C)C)no2)CC1. The maximum Gasteiger partial charge on any atom is 0.240 e. The molecule has 112 valence electrons. The normalized spacial score (nSPS) is 17.6. The van der Waals surface area contributed by atoms with Gasteiger partial charge in [-0.2, -0.15) is 4.98 Å². The molecule has 0 radical (unpaired) electrons. The van der Waals surface area contributed by atoms with Crippen LogP contribution in [0.25, 0.3) is 0 Å². The van der Waals surface area contributed by atoms with E-state index < -0.39 is 0 Å². The van der Waals surface area contributed by atoms with Gasteiger partial charge in [0.15, 0.2) is 5.82 Å². The van der Waals surface area contributed by atoms with Crippen LogP contribution in [0.2, 0.25) is 0 Å². The summed E-state index contributed by atoms with van der Waals surface area (Å²) in [4.78, 5) is 18.3. The van der Waals surface area contributed by atoms with E-state index in [1.54, 1.807) is 7.05 Å². The van der Waals surface area contributed by atoms with Gasteiger partial charge in [0, 0.05) is 19.4 Å². The molecule has 1 saturated heterocycles. The number of likely N-dealkylation sites (tertiary alicyclic amines) is 1. The van der Waals surface area contributed by atoms with Crippen molar-refractivity contribution >= 4 is 5.91 Å². The molecule has 1 fully saturated rings. The van der Waals surface area contributed by atoms with Crippen LogP contribution in [-0.2, 0) is 17.8 Å².